The number of hydrogen-bond acceptors (Lipinski definition) is 16. The first-order valence-corrected chi connectivity index (χ1v) is 24.7. The van der Waals surface area contributed by atoms with E-state index in [2.05, 4.69) is 31.9 Å². The van der Waals surface area contributed by atoms with E-state index < -0.39 is 99.5 Å². The zero-order chi connectivity index (χ0) is 47.6. The highest BCUT2D eigenvalue weighted by Gasteiger charge is 2.31. The van der Waals surface area contributed by atoms with Gasteiger partial charge in [-0.2, -0.15) is 0 Å². The maximum absolute atomic E-state index is 13.2. The summed E-state index contributed by atoms with van der Waals surface area (Å²) in [6.07, 6.45) is -4.77. The molecule has 4 atom stereocenters. The van der Waals surface area contributed by atoms with Gasteiger partial charge < -0.3 is 82.2 Å². The van der Waals surface area contributed by atoms with Gasteiger partial charge in [-0.15, -0.1) is 0 Å². The topological polar surface area (TPSA) is 355 Å². The number of halogens is 6. The number of amides is 6. The van der Waals surface area contributed by atoms with Crippen LogP contribution in [0, 0.1) is 21.4 Å². The summed E-state index contributed by atoms with van der Waals surface area (Å²) in [4.78, 5) is 78.5. The van der Waals surface area contributed by atoms with E-state index in [4.69, 9.17) is 29.9 Å². The molecule has 0 aliphatic carbocycles. The van der Waals surface area contributed by atoms with E-state index in [-0.39, 0.29) is 101 Å². The van der Waals surface area contributed by atoms with Crippen LogP contribution >= 0.6 is 136 Å². The summed E-state index contributed by atoms with van der Waals surface area (Å²) in [6, 6.07) is 0. The molecule has 0 spiro atoms. The summed E-state index contributed by atoms with van der Waals surface area (Å²) in [5, 5.41) is 90.7. The number of carbonyl (C=O) groups is 6. The van der Waals surface area contributed by atoms with Crippen molar-refractivity contribution in [3.63, 3.8) is 0 Å². The molecule has 0 heterocycles. The zero-order valence-corrected chi connectivity index (χ0v) is 45.6. The molecule has 0 aliphatic rings. The monoisotopic (exact) mass is 1570 g/mol. The molecule has 4 unspecified atom stereocenters. The molecular formula is C35H44I6N6O16. The highest BCUT2D eigenvalue weighted by Crippen LogP contribution is 2.39. The normalized spacial score (nSPS) is 12.9. The lowest BCUT2D eigenvalue weighted by molar-refractivity contribution is -0.123. The molecule has 6 amide bonds. The number of benzene rings is 2. The zero-order valence-electron chi connectivity index (χ0n) is 32.6. The van der Waals surface area contributed by atoms with Crippen molar-refractivity contribution in [1.82, 2.24) is 31.9 Å². The maximum Gasteiger partial charge on any atom is 0.257 e. The van der Waals surface area contributed by atoms with Crippen LogP contribution in [0.4, 0.5) is 0 Å². The quantitative estimate of drug-likeness (QED) is 0.0349. The Hall–Kier alpha value is -1.08. The Morgan fingerprint density at radius 1 is 0.413 bits per heavy atom. The Kier molecular flexibility index (Phi) is 27.3. The third kappa shape index (κ3) is 17.8. The van der Waals surface area contributed by atoms with Gasteiger partial charge in [-0.1, -0.05) is 0 Å². The lowest BCUT2D eigenvalue weighted by Crippen LogP contribution is -2.37. The van der Waals surface area contributed by atoms with E-state index in [1.807, 2.05) is 90.4 Å². The fraction of sp³-hybridized carbons (Fsp3) is 0.486. The van der Waals surface area contributed by atoms with Crippen LogP contribution in [-0.4, -0.2) is 180 Å². The van der Waals surface area contributed by atoms with Crippen molar-refractivity contribution in [3.8, 4) is 11.5 Å². The second kappa shape index (κ2) is 29.6. The van der Waals surface area contributed by atoms with Gasteiger partial charge in [0.15, 0.2) is 13.2 Å². The Morgan fingerprint density at radius 3 is 0.873 bits per heavy atom. The number of aliphatic hydroxyl groups is 8. The van der Waals surface area contributed by atoms with Gasteiger partial charge in [0.1, 0.15) is 11.5 Å². The van der Waals surface area contributed by atoms with Crippen LogP contribution in [-0.2, 0) is 9.59 Å². The molecule has 0 saturated carbocycles. The number of ether oxygens (including phenoxy) is 2. The lowest BCUT2D eigenvalue weighted by Gasteiger charge is -2.20. The molecule has 2 aromatic rings. The molecule has 0 fully saturated rings. The van der Waals surface area contributed by atoms with Crippen LogP contribution in [0.2, 0.25) is 0 Å². The number of hydrogen-bond donors (Lipinski definition) is 14. The average molecular weight is 1570 g/mol. The fourth-order valence-corrected chi connectivity index (χ4v) is 13.6. The van der Waals surface area contributed by atoms with Crippen LogP contribution in [0.5, 0.6) is 11.5 Å². The molecule has 352 valence electrons. The largest absolute Gasteiger partial charge is 0.481 e. The van der Waals surface area contributed by atoms with Crippen LogP contribution in [0.1, 0.15) is 47.9 Å². The van der Waals surface area contributed by atoms with Gasteiger partial charge >= 0.3 is 0 Å². The van der Waals surface area contributed by atoms with Gasteiger partial charge in [-0.3, -0.25) is 28.8 Å². The average Bonchev–Trinajstić information content (AvgIpc) is 3.24. The predicted molar refractivity (Wildman–Crippen MR) is 273 cm³/mol. The molecule has 63 heavy (non-hydrogen) atoms. The Balaban J connectivity index is 2.13. The second-order valence-corrected chi connectivity index (χ2v) is 19.3. The standard InChI is InChI=1S/C35H44I6N6O16/c36-24-20(32(58)44-4-14(52)8-48)26(38)30(27(39)21(24)33(59)45-5-15(53)9-49)62-12-18(56)42-2-1-3-43-19(57)13-63-31-28(40)22(34(60)46-6-16(54)10-50)25(37)23(29(31)41)35(61)47-7-17(55)11-51/h14-17,48-55H,1-13H2,(H,42,56)(H,43,57)(H,44,58)(H,45,59)(H,46,60)(H,47,61). The molecule has 0 bridgehead atoms. The third-order valence-corrected chi connectivity index (χ3v) is 14.3. The molecule has 28 heteroatoms. The summed E-state index contributed by atoms with van der Waals surface area (Å²) in [6.45, 7) is -4.66. The second-order valence-electron chi connectivity index (χ2n) is 12.9. The molecule has 0 radical (unpaired) electrons. The van der Waals surface area contributed by atoms with Crippen LogP contribution < -0.4 is 41.4 Å². The van der Waals surface area contributed by atoms with E-state index >= 15 is 0 Å². The van der Waals surface area contributed by atoms with E-state index in [9.17, 15) is 49.2 Å². The fourth-order valence-electron chi connectivity index (χ4n) is 4.71. The van der Waals surface area contributed by atoms with E-state index in [0.717, 1.165) is 0 Å². The van der Waals surface area contributed by atoms with Crippen LogP contribution in [0.25, 0.3) is 0 Å². The third-order valence-electron chi connectivity index (χ3n) is 7.99. The molecule has 14 N–H and O–H groups in total. The first-order chi connectivity index (χ1) is 29.7. The summed E-state index contributed by atoms with van der Waals surface area (Å²) < 4.78 is 12.9. The number of rotatable bonds is 26. The van der Waals surface area contributed by atoms with Crippen molar-refractivity contribution in [1.29, 1.82) is 0 Å². The minimum Gasteiger partial charge on any atom is -0.481 e. The Morgan fingerprint density at radius 2 is 0.651 bits per heavy atom. The van der Waals surface area contributed by atoms with Crippen LogP contribution in [0.15, 0.2) is 0 Å². The van der Waals surface area contributed by atoms with Crippen molar-refractivity contribution >= 4 is 171 Å². The van der Waals surface area contributed by atoms with Crippen molar-refractivity contribution < 1.29 is 79.1 Å². The SMILES string of the molecule is O=C(COc1c(I)c(C(=O)NCC(O)CO)c(I)c(C(=O)NCC(O)CO)c1I)NCCCNC(=O)COc1c(I)c(C(=O)NCC(O)CO)c(I)c(C(=O)NCC(O)CO)c1I. The van der Waals surface area contributed by atoms with Crippen molar-refractivity contribution in [2.75, 3.05) is 78.9 Å². The first-order valence-electron chi connectivity index (χ1n) is 18.2. The Labute approximate surface area is 441 Å². The van der Waals surface area contributed by atoms with Gasteiger partial charge in [0.2, 0.25) is 0 Å². The number of aliphatic hydroxyl groups excluding tert-OH is 8. The lowest BCUT2D eigenvalue weighted by atomic mass is 10.1. The van der Waals surface area contributed by atoms with Gasteiger partial charge in [-0.25, -0.2) is 0 Å². The van der Waals surface area contributed by atoms with E-state index in [1.54, 1.807) is 45.2 Å². The summed E-state index contributed by atoms with van der Waals surface area (Å²) >= 11 is 10.9. The molecule has 0 saturated heterocycles. The number of nitrogens with one attached hydrogen (secondary N) is 6. The summed E-state index contributed by atoms with van der Waals surface area (Å²) in [7, 11) is 0. The smallest absolute Gasteiger partial charge is 0.257 e. The van der Waals surface area contributed by atoms with E-state index in [0.29, 0.717) is 0 Å². The van der Waals surface area contributed by atoms with Crippen LogP contribution in [0.3, 0.4) is 0 Å². The van der Waals surface area contributed by atoms with Gasteiger partial charge in [0, 0.05) is 46.4 Å². The highest BCUT2D eigenvalue weighted by atomic mass is 127. The Bertz CT molecular complexity index is 1730. The van der Waals surface area contributed by atoms with Gasteiger partial charge in [-0.05, 0) is 142 Å². The minimum atomic E-state index is -1.25. The minimum absolute atomic E-state index is 0.0127. The maximum atomic E-state index is 13.2. The van der Waals surface area contributed by atoms with Crippen molar-refractivity contribution in [2.45, 2.75) is 30.8 Å². The molecular weight excluding hydrogens is 1520 g/mol. The van der Waals surface area contributed by atoms with E-state index in [1.165, 1.54) is 0 Å². The molecule has 0 aromatic heterocycles. The van der Waals surface area contributed by atoms with Crippen molar-refractivity contribution in [2.24, 2.45) is 0 Å². The molecule has 22 nitrogen and oxygen atoms in total. The first kappa shape index (κ1) is 58.0. The van der Waals surface area contributed by atoms with Gasteiger partial charge in [0.05, 0.1) is 87.4 Å². The molecule has 0 aliphatic heterocycles. The predicted octanol–water partition coefficient (Wildman–Crippen LogP) is -2.27. The van der Waals surface area contributed by atoms with Gasteiger partial charge in [0.25, 0.3) is 35.4 Å². The summed E-state index contributed by atoms with van der Waals surface area (Å²) in [5.41, 5.74) is -0.0629. The highest BCUT2D eigenvalue weighted by molar-refractivity contribution is 14.1. The summed E-state index contributed by atoms with van der Waals surface area (Å²) in [5.74, 6) is -4.02. The molecule has 2 aromatic carbocycles. The molecule has 2 rings (SSSR count). The van der Waals surface area contributed by atoms with Crippen molar-refractivity contribution in [3.05, 3.63) is 43.7 Å². The number of carbonyl (C=O) groups excluding carboxylic acids is 6.